The Kier molecular flexibility index (Phi) is 12.1. The number of rotatable bonds is 13. The number of fused-ring (bicyclic) bond motifs is 1. The van der Waals surface area contributed by atoms with Gasteiger partial charge in [-0.25, -0.2) is 0 Å². The molecular formula is C35H44N2O5. The molecule has 0 saturated heterocycles. The monoisotopic (exact) mass is 572 g/mol. The molecular weight excluding hydrogens is 528 g/mol. The fraction of sp³-hybridized carbons (Fsp3) is 0.400. The first-order chi connectivity index (χ1) is 20.2. The summed E-state index contributed by atoms with van der Waals surface area (Å²) in [6.45, 7) is 11.1. The Hall–Kier alpha value is -4.13. The van der Waals surface area contributed by atoms with Gasteiger partial charge in [-0.15, -0.1) is 0 Å². The number of nitrogens with one attached hydrogen (secondary N) is 1. The molecule has 0 spiro atoms. The molecule has 1 aromatic heterocycles. The van der Waals surface area contributed by atoms with Gasteiger partial charge in [0.2, 0.25) is 5.91 Å². The normalized spacial score (nSPS) is 11.8. The molecule has 0 saturated carbocycles. The Morgan fingerprint density at radius 2 is 1.69 bits per heavy atom. The molecule has 1 N–H and O–H groups in total. The van der Waals surface area contributed by atoms with Gasteiger partial charge in [0.25, 0.3) is 0 Å². The molecule has 42 heavy (non-hydrogen) atoms. The summed E-state index contributed by atoms with van der Waals surface area (Å²) in [6.07, 6.45) is 4.35. The average Bonchev–Trinajstić information content (AvgIpc) is 3.40. The SMILES string of the molecule is CCCc1c(OCCCOc2ccc(C(C)C=O)cc2)ccc2c(CC(C)(C)c3ccccc3)noc12.CNC(C)=O. The van der Waals surface area contributed by atoms with Crippen LogP contribution in [-0.4, -0.2) is 37.6 Å². The van der Waals surface area contributed by atoms with Gasteiger partial charge in [0.1, 0.15) is 17.8 Å². The van der Waals surface area contributed by atoms with E-state index in [4.69, 9.17) is 14.0 Å². The largest absolute Gasteiger partial charge is 0.493 e. The predicted molar refractivity (Wildman–Crippen MR) is 167 cm³/mol. The molecule has 3 aromatic carbocycles. The van der Waals surface area contributed by atoms with Crippen LogP contribution in [0.2, 0.25) is 0 Å². The van der Waals surface area contributed by atoms with E-state index in [1.165, 1.54) is 12.5 Å². The van der Waals surface area contributed by atoms with Gasteiger partial charge < -0.3 is 24.1 Å². The van der Waals surface area contributed by atoms with E-state index in [1.807, 2.05) is 37.3 Å². The summed E-state index contributed by atoms with van der Waals surface area (Å²) < 4.78 is 17.9. The van der Waals surface area contributed by atoms with Crippen LogP contribution in [0, 0.1) is 0 Å². The van der Waals surface area contributed by atoms with Crippen molar-refractivity contribution >= 4 is 23.2 Å². The molecule has 0 aliphatic heterocycles. The van der Waals surface area contributed by atoms with Gasteiger partial charge in [0.15, 0.2) is 5.58 Å². The van der Waals surface area contributed by atoms with Crippen LogP contribution in [-0.2, 0) is 27.8 Å². The maximum atomic E-state index is 10.9. The molecule has 0 aliphatic rings. The van der Waals surface area contributed by atoms with E-state index in [2.05, 4.69) is 67.6 Å². The number of hydrogen-bond acceptors (Lipinski definition) is 6. The van der Waals surface area contributed by atoms with Crippen LogP contribution in [0.4, 0.5) is 0 Å². The number of ether oxygens (including phenoxy) is 2. The van der Waals surface area contributed by atoms with E-state index in [-0.39, 0.29) is 17.2 Å². The van der Waals surface area contributed by atoms with Crippen LogP contribution < -0.4 is 14.8 Å². The van der Waals surface area contributed by atoms with E-state index < -0.39 is 0 Å². The lowest BCUT2D eigenvalue weighted by molar-refractivity contribution is -0.118. The summed E-state index contributed by atoms with van der Waals surface area (Å²) in [6, 6.07) is 22.4. The number of amides is 1. The van der Waals surface area contributed by atoms with Gasteiger partial charge in [-0.3, -0.25) is 4.79 Å². The quantitative estimate of drug-likeness (QED) is 0.135. The van der Waals surface area contributed by atoms with Crippen molar-refractivity contribution in [2.24, 2.45) is 0 Å². The minimum atomic E-state index is -0.104. The summed E-state index contributed by atoms with van der Waals surface area (Å²) in [5.74, 6) is 1.55. The van der Waals surface area contributed by atoms with E-state index in [0.717, 1.165) is 71.3 Å². The number of nitrogens with zero attached hydrogens (tertiary/aromatic N) is 1. The van der Waals surface area contributed by atoms with Gasteiger partial charge in [0, 0.05) is 43.7 Å². The Bertz CT molecular complexity index is 1410. The van der Waals surface area contributed by atoms with Crippen LogP contribution in [0.25, 0.3) is 11.0 Å². The zero-order chi connectivity index (χ0) is 30.5. The summed E-state index contributed by atoms with van der Waals surface area (Å²) in [7, 11) is 1.60. The lowest BCUT2D eigenvalue weighted by atomic mass is 9.80. The number of carbonyl (C=O) groups excluding carboxylic acids is 2. The number of benzene rings is 3. The molecule has 0 aliphatic carbocycles. The smallest absolute Gasteiger partial charge is 0.216 e. The molecule has 4 aromatic rings. The maximum absolute atomic E-state index is 10.9. The fourth-order valence-electron chi connectivity index (χ4n) is 4.63. The van der Waals surface area contributed by atoms with Gasteiger partial charge in [-0.2, -0.15) is 0 Å². The number of aryl methyl sites for hydroxylation is 1. The van der Waals surface area contributed by atoms with E-state index in [9.17, 15) is 9.59 Å². The molecule has 224 valence electrons. The lowest BCUT2D eigenvalue weighted by Crippen LogP contribution is -2.20. The van der Waals surface area contributed by atoms with Gasteiger partial charge in [-0.1, -0.05) is 81.7 Å². The Balaban J connectivity index is 0.000000892. The summed E-state index contributed by atoms with van der Waals surface area (Å²) in [4.78, 5) is 20.6. The topological polar surface area (TPSA) is 90.7 Å². The molecule has 7 nitrogen and oxygen atoms in total. The molecule has 4 rings (SSSR count). The van der Waals surface area contributed by atoms with E-state index >= 15 is 0 Å². The Labute approximate surface area is 249 Å². The number of hydrogen-bond donors (Lipinski definition) is 1. The fourth-order valence-corrected chi connectivity index (χ4v) is 4.63. The van der Waals surface area contributed by atoms with Crippen molar-refractivity contribution in [3.63, 3.8) is 0 Å². The summed E-state index contributed by atoms with van der Waals surface area (Å²) in [5, 5.41) is 7.94. The van der Waals surface area contributed by atoms with Crippen molar-refractivity contribution in [2.45, 2.75) is 71.6 Å². The first kappa shape index (κ1) is 32.4. The highest BCUT2D eigenvalue weighted by Gasteiger charge is 2.25. The molecule has 1 unspecified atom stereocenters. The molecule has 1 amide bonds. The third-order valence-corrected chi connectivity index (χ3v) is 7.22. The molecule has 7 heteroatoms. The second-order valence-electron chi connectivity index (χ2n) is 11.1. The molecule has 0 fully saturated rings. The van der Waals surface area contributed by atoms with Gasteiger partial charge in [0.05, 0.1) is 18.9 Å². The zero-order valence-corrected chi connectivity index (χ0v) is 25.7. The van der Waals surface area contributed by atoms with Crippen molar-refractivity contribution in [2.75, 3.05) is 20.3 Å². The highest BCUT2D eigenvalue weighted by molar-refractivity contribution is 5.84. The van der Waals surface area contributed by atoms with Crippen LogP contribution in [0.5, 0.6) is 11.5 Å². The van der Waals surface area contributed by atoms with Crippen molar-refractivity contribution in [1.82, 2.24) is 10.5 Å². The molecule has 1 heterocycles. The highest BCUT2D eigenvalue weighted by Crippen LogP contribution is 2.35. The number of aromatic nitrogens is 1. The van der Waals surface area contributed by atoms with Crippen molar-refractivity contribution in [3.05, 3.63) is 89.1 Å². The molecule has 0 radical (unpaired) electrons. The maximum Gasteiger partial charge on any atom is 0.216 e. The van der Waals surface area contributed by atoms with Gasteiger partial charge >= 0.3 is 0 Å². The van der Waals surface area contributed by atoms with Gasteiger partial charge in [-0.05, 0) is 47.2 Å². The second-order valence-corrected chi connectivity index (χ2v) is 11.1. The zero-order valence-electron chi connectivity index (χ0n) is 25.7. The molecule has 0 bridgehead atoms. The second kappa shape index (κ2) is 15.8. The minimum Gasteiger partial charge on any atom is -0.493 e. The van der Waals surface area contributed by atoms with Crippen LogP contribution >= 0.6 is 0 Å². The van der Waals surface area contributed by atoms with E-state index in [1.54, 1.807) is 7.05 Å². The van der Waals surface area contributed by atoms with Crippen LogP contribution in [0.3, 0.4) is 0 Å². The highest BCUT2D eigenvalue weighted by atomic mass is 16.5. The average molecular weight is 573 g/mol. The van der Waals surface area contributed by atoms with Crippen LogP contribution in [0.1, 0.15) is 75.8 Å². The van der Waals surface area contributed by atoms with Crippen molar-refractivity contribution < 1.29 is 23.6 Å². The standard InChI is InChI=1S/C32H37NO4.C3H7NO/c1-5-10-28-30(36-20-9-19-35-26-15-13-24(14-16-26)23(2)22-34)18-17-27-29(33-37-31(27)28)21-32(3,4)25-11-7-6-8-12-25;1-3(5)4-2/h6-8,11-18,22-23H,5,9-10,19-21H2,1-4H3;1-2H3,(H,4,5). The van der Waals surface area contributed by atoms with E-state index in [0.29, 0.717) is 13.2 Å². The first-order valence-electron chi connectivity index (χ1n) is 14.6. The Morgan fingerprint density at radius 3 is 2.31 bits per heavy atom. The van der Waals surface area contributed by atoms with Crippen LogP contribution in [0.15, 0.2) is 71.3 Å². The predicted octanol–water partition coefficient (Wildman–Crippen LogP) is 7.20. The number of aldehydes is 1. The first-order valence-corrected chi connectivity index (χ1v) is 14.6. The Morgan fingerprint density at radius 1 is 1.02 bits per heavy atom. The van der Waals surface area contributed by atoms with Crippen molar-refractivity contribution in [1.29, 1.82) is 0 Å². The summed E-state index contributed by atoms with van der Waals surface area (Å²) >= 11 is 0. The third-order valence-electron chi connectivity index (χ3n) is 7.22. The third kappa shape index (κ3) is 8.93. The summed E-state index contributed by atoms with van der Waals surface area (Å²) in [5.41, 5.74) is 5.11. The van der Waals surface area contributed by atoms with Crippen molar-refractivity contribution in [3.8, 4) is 11.5 Å². The number of carbonyl (C=O) groups is 2. The lowest BCUT2D eigenvalue weighted by Gasteiger charge is -2.24. The minimum absolute atomic E-state index is 0.00463. The molecule has 1 atom stereocenters.